The standard InChI is InChI=1S/C20H20N2O3S/c1-26(25)19-9-6-13(11-21-19)10-16-15-4-2-3-5-17(15)22-12-14(20(23)24)7-8-18(16)22/h2-6,9,11,14H,7-8,10,12H2,1H3,(H,23,24). The molecule has 134 valence electrons. The predicted octanol–water partition coefficient (Wildman–Crippen LogP) is 3.01. The van der Waals surface area contributed by atoms with Crippen LogP contribution in [-0.4, -0.2) is 31.1 Å². The summed E-state index contributed by atoms with van der Waals surface area (Å²) in [6.07, 6.45) is 5.59. The zero-order valence-electron chi connectivity index (χ0n) is 14.5. The second kappa shape index (κ2) is 6.68. The number of carbonyl (C=O) groups is 1. The molecular formula is C20H20N2O3S. The van der Waals surface area contributed by atoms with Gasteiger partial charge < -0.3 is 9.67 Å². The molecule has 3 heterocycles. The van der Waals surface area contributed by atoms with Crippen LogP contribution in [0.1, 0.15) is 23.2 Å². The van der Waals surface area contributed by atoms with Gasteiger partial charge in [0.2, 0.25) is 0 Å². The number of carboxylic acids is 1. The van der Waals surface area contributed by atoms with E-state index < -0.39 is 16.8 Å². The summed E-state index contributed by atoms with van der Waals surface area (Å²) in [6.45, 7) is 0.525. The van der Waals surface area contributed by atoms with E-state index in [0.717, 1.165) is 23.9 Å². The Bertz CT molecular complexity index is 1010. The molecule has 0 spiro atoms. The number of pyridine rings is 1. The van der Waals surface area contributed by atoms with Crippen molar-refractivity contribution in [3.8, 4) is 0 Å². The van der Waals surface area contributed by atoms with Crippen molar-refractivity contribution in [2.24, 2.45) is 5.92 Å². The van der Waals surface area contributed by atoms with Crippen molar-refractivity contribution in [1.29, 1.82) is 0 Å². The number of rotatable bonds is 4. The van der Waals surface area contributed by atoms with E-state index in [1.807, 2.05) is 24.3 Å². The van der Waals surface area contributed by atoms with Crippen LogP contribution in [0, 0.1) is 5.92 Å². The molecule has 0 amide bonds. The third-order valence-corrected chi connectivity index (χ3v) is 5.98. The number of hydrogen-bond acceptors (Lipinski definition) is 3. The van der Waals surface area contributed by atoms with Gasteiger partial charge in [-0.15, -0.1) is 0 Å². The van der Waals surface area contributed by atoms with Crippen molar-refractivity contribution in [2.45, 2.75) is 30.8 Å². The number of hydrogen-bond donors (Lipinski definition) is 1. The predicted molar refractivity (Wildman–Crippen MR) is 101 cm³/mol. The summed E-state index contributed by atoms with van der Waals surface area (Å²) in [4.78, 5) is 15.7. The maximum atomic E-state index is 11.5. The van der Waals surface area contributed by atoms with Crippen LogP contribution >= 0.6 is 0 Å². The smallest absolute Gasteiger partial charge is 0.308 e. The molecule has 0 bridgehead atoms. The first-order chi connectivity index (χ1) is 12.5. The van der Waals surface area contributed by atoms with E-state index in [1.165, 1.54) is 16.6 Å². The second-order valence-electron chi connectivity index (χ2n) is 6.76. The molecule has 0 saturated carbocycles. The van der Waals surface area contributed by atoms with Crippen LogP contribution in [0.5, 0.6) is 0 Å². The largest absolute Gasteiger partial charge is 0.481 e. The first-order valence-corrected chi connectivity index (χ1v) is 10.2. The van der Waals surface area contributed by atoms with Gasteiger partial charge in [0.15, 0.2) is 0 Å². The van der Waals surface area contributed by atoms with E-state index in [9.17, 15) is 14.1 Å². The minimum absolute atomic E-state index is 0.327. The summed E-state index contributed by atoms with van der Waals surface area (Å²) in [5, 5.41) is 11.2. The molecule has 0 radical (unpaired) electrons. The second-order valence-corrected chi connectivity index (χ2v) is 8.09. The summed E-state index contributed by atoms with van der Waals surface area (Å²) in [5.41, 5.74) is 4.64. The zero-order valence-corrected chi connectivity index (χ0v) is 15.3. The van der Waals surface area contributed by atoms with Crippen LogP contribution in [-0.2, 0) is 35.0 Å². The minimum Gasteiger partial charge on any atom is -0.481 e. The number of nitrogens with zero attached hydrogens (tertiary/aromatic N) is 2. The highest BCUT2D eigenvalue weighted by atomic mass is 32.2. The fourth-order valence-corrected chi connectivity index (χ4v) is 4.29. The van der Waals surface area contributed by atoms with Gasteiger partial charge in [-0.25, -0.2) is 4.98 Å². The summed E-state index contributed by atoms with van der Waals surface area (Å²) >= 11 is 0. The lowest BCUT2D eigenvalue weighted by molar-refractivity contribution is -0.142. The van der Waals surface area contributed by atoms with E-state index in [1.54, 1.807) is 12.5 Å². The van der Waals surface area contributed by atoms with Gasteiger partial charge in [0.1, 0.15) is 5.03 Å². The minimum atomic E-state index is -1.08. The van der Waals surface area contributed by atoms with Gasteiger partial charge in [-0.2, -0.15) is 0 Å². The van der Waals surface area contributed by atoms with Crippen LogP contribution < -0.4 is 0 Å². The molecule has 2 aromatic heterocycles. The summed E-state index contributed by atoms with van der Waals surface area (Å²) in [7, 11) is -1.08. The van der Waals surface area contributed by atoms with E-state index >= 15 is 0 Å². The Morgan fingerprint density at radius 1 is 1.31 bits per heavy atom. The van der Waals surface area contributed by atoms with E-state index in [4.69, 9.17) is 0 Å². The van der Waals surface area contributed by atoms with Gasteiger partial charge in [-0.05, 0) is 36.1 Å². The van der Waals surface area contributed by atoms with E-state index in [2.05, 4.69) is 21.7 Å². The molecule has 0 aliphatic carbocycles. The number of aliphatic carboxylic acids is 1. The molecule has 1 aromatic carbocycles. The maximum absolute atomic E-state index is 11.5. The average Bonchev–Trinajstić information content (AvgIpc) is 2.96. The first-order valence-electron chi connectivity index (χ1n) is 8.64. The Hall–Kier alpha value is -2.47. The van der Waals surface area contributed by atoms with Gasteiger partial charge in [-0.1, -0.05) is 24.3 Å². The van der Waals surface area contributed by atoms with Gasteiger partial charge in [0, 0.05) is 42.0 Å². The Morgan fingerprint density at radius 2 is 2.12 bits per heavy atom. The molecule has 0 saturated heterocycles. The molecule has 1 aliphatic rings. The van der Waals surface area contributed by atoms with Gasteiger partial charge in [0.05, 0.1) is 16.7 Å². The maximum Gasteiger partial charge on any atom is 0.308 e. The van der Waals surface area contributed by atoms with Crippen LogP contribution in [0.4, 0.5) is 0 Å². The highest BCUT2D eigenvalue weighted by Gasteiger charge is 2.28. The Labute approximate surface area is 154 Å². The van der Waals surface area contributed by atoms with Crippen LogP contribution in [0.2, 0.25) is 0 Å². The fourth-order valence-electron chi connectivity index (χ4n) is 3.83. The number of carboxylic acid groups (broad SMARTS) is 1. The Morgan fingerprint density at radius 3 is 2.81 bits per heavy atom. The Balaban J connectivity index is 1.76. The molecule has 6 heteroatoms. The van der Waals surface area contributed by atoms with Crippen molar-refractivity contribution < 1.29 is 14.1 Å². The molecule has 1 aliphatic heterocycles. The molecule has 3 aromatic rings. The number of aromatic nitrogens is 2. The summed E-state index contributed by atoms with van der Waals surface area (Å²) < 4.78 is 13.7. The molecule has 0 fully saturated rings. The molecule has 5 nitrogen and oxygen atoms in total. The van der Waals surface area contributed by atoms with Crippen molar-refractivity contribution in [2.75, 3.05) is 6.26 Å². The highest BCUT2D eigenvalue weighted by Crippen LogP contribution is 2.34. The lowest BCUT2D eigenvalue weighted by Crippen LogP contribution is -2.26. The molecule has 2 unspecified atom stereocenters. The third kappa shape index (κ3) is 2.94. The quantitative estimate of drug-likeness (QED) is 0.768. The SMILES string of the molecule is CS(=O)c1ccc(Cc2c3n(c4ccccc24)CC(C(=O)O)CC3)cn1. The van der Waals surface area contributed by atoms with Gasteiger partial charge in [0.25, 0.3) is 0 Å². The average molecular weight is 368 g/mol. The normalized spacial score (nSPS) is 17.8. The first kappa shape index (κ1) is 17.0. The van der Waals surface area contributed by atoms with Crippen molar-refractivity contribution >= 4 is 27.7 Å². The summed E-state index contributed by atoms with van der Waals surface area (Å²) in [5.74, 6) is -1.05. The van der Waals surface area contributed by atoms with Crippen molar-refractivity contribution in [1.82, 2.24) is 9.55 Å². The van der Waals surface area contributed by atoms with Crippen LogP contribution in [0.15, 0.2) is 47.6 Å². The lowest BCUT2D eigenvalue weighted by atomic mass is 9.94. The lowest BCUT2D eigenvalue weighted by Gasteiger charge is -2.23. The van der Waals surface area contributed by atoms with Crippen molar-refractivity contribution in [3.05, 3.63) is 59.4 Å². The molecule has 4 rings (SSSR count). The van der Waals surface area contributed by atoms with Crippen molar-refractivity contribution in [3.63, 3.8) is 0 Å². The monoisotopic (exact) mass is 368 g/mol. The number of para-hydroxylation sites is 1. The zero-order chi connectivity index (χ0) is 18.3. The molecular weight excluding hydrogens is 348 g/mol. The molecule has 26 heavy (non-hydrogen) atoms. The molecule has 1 N–H and O–H groups in total. The third-order valence-electron chi connectivity index (χ3n) is 5.15. The van der Waals surface area contributed by atoms with E-state index in [0.29, 0.717) is 18.0 Å². The number of fused-ring (bicyclic) bond motifs is 3. The van der Waals surface area contributed by atoms with Crippen LogP contribution in [0.25, 0.3) is 10.9 Å². The highest BCUT2D eigenvalue weighted by molar-refractivity contribution is 7.84. The fraction of sp³-hybridized carbons (Fsp3) is 0.300. The van der Waals surface area contributed by atoms with Crippen LogP contribution in [0.3, 0.4) is 0 Å². The number of benzene rings is 1. The van der Waals surface area contributed by atoms with Gasteiger partial charge in [-0.3, -0.25) is 9.00 Å². The van der Waals surface area contributed by atoms with E-state index in [-0.39, 0.29) is 5.92 Å². The topological polar surface area (TPSA) is 72.2 Å². The summed E-state index contributed by atoms with van der Waals surface area (Å²) in [6, 6.07) is 12.0. The Kier molecular flexibility index (Phi) is 4.36. The molecule has 2 atom stereocenters. The van der Waals surface area contributed by atoms with Gasteiger partial charge >= 0.3 is 5.97 Å².